The fraction of sp³-hybridized carbons (Fsp3) is 0.0714. The highest BCUT2D eigenvalue weighted by atomic mass is 79.9. The summed E-state index contributed by atoms with van der Waals surface area (Å²) in [6.45, 7) is 0. The Morgan fingerprint density at radius 1 is 1.06 bits per heavy atom. The molecule has 0 aliphatic heterocycles. The highest BCUT2D eigenvalue weighted by Gasteiger charge is 2.13. The van der Waals surface area contributed by atoms with Crippen LogP contribution in [-0.2, 0) is 4.74 Å². The normalized spacial score (nSPS) is 10.0. The van der Waals surface area contributed by atoms with E-state index in [1.807, 2.05) is 42.5 Å². The first-order valence-corrected chi connectivity index (χ1v) is 5.95. The monoisotopic (exact) mass is 290 g/mol. The molecule has 0 heterocycles. The van der Waals surface area contributed by atoms with Gasteiger partial charge in [0.25, 0.3) is 0 Å². The molecule has 2 rings (SSSR count). The molecule has 0 saturated heterocycles. The van der Waals surface area contributed by atoms with Gasteiger partial charge in [-0.3, -0.25) is 0 Å². The lowest BCUT2D eigenvalue weighted by Crippen LogP contribution is -2.02. The first kappa shape index (κ1) is 11.9. The number of carbonyl (C=O) groups is 1. The van der Waals surface area contributed by atoms with E-state index in [1.54, 1.807) is 6.07 Å². The highest BCUT2D eigenvalue weighted by Crippen LogP contribution is 2.31. The maximum absolute atomic E-state index is 11.6. The Kier molecular flexibility index (Phi) is 3.59. The summed E-state index contributed by atoms with van der Waals surface area (Å²) in [6.07, 6.45) is 0. The number of rotatable bonds is 2. The molecule has 0 aliphatic carbocycles. The molecule has 0 radical (unpaired) electrons. The van der Waals surface area contributed by atoms with Crippen molar-refractivity contribution in [2.45, 2.75) is 0 Å². The van der Waals surface area contributed by atoms with Crippen LogP contribution in [0.2, 0.25) is 0 Å². The standard InChI is InChI=1S/C14H11BrO2/c1-17-14(16)12-9-5-8-11(13(12)15)10-6-3-2-4-7-10/h2-9H,1H3. The van der Waals surface area contributed by atoms with E-state index in [1.165, 1.54) is 7.11 Å². The molecule has 0 unspecified atom stereocenters. The molecule has 3 heteroatoms. The fourth-order valence-electron chi connectivity index (χ4n) is 1.64. The molecule has 2 nitrogen and oxygen atoms in total. The molecule has 0 saturated carbocycles. The lowest BCUT2D eigenvalue weighted by atomic mass is 10.0. The van der Waals surface area contributed by atoms with E-state index < -0.39 is 0 Å². The number of ether oxygens (including phenoxy) is 1. The van der Waals surface area contributed by atoms with Gasteiger partial charge in [-0.05, 0) is 33.1 Å². The lowest BCUT2D eigenvalue weighted by Gasteiger charge is -2.08. The molecule has 0 N–H and O–H groups in total. The Morgan fingerprint density at radius 3 is 2.41 bits per heavy atom. The van der Waals surface area contributed by atoms with Crippen molar-refractivity contribution in [3.8, 4) is 11.1 Å². The van der Waals surface area contributed by atoms with E-state index in [0.717, 1.165) is 15.6 Å². The van der Waals surface area contributed by atoms with Gasteiger partial charge in [0.2, 0.25) is 0 Å². The Hall–Kier alpha value is -1.61. The average Bonchev–Trinajstić information content (AvgIpc) is 2.39. The molecule has 0 atom stereocenters. The van der Waals surface area contributed by atoms with E-state index in [0.29, 0.717) is 5.56 Å². The number of methoxy groups -OCH3 is 1. The van der Waals surface area contributed by atoms with Crippen LogP contribution in [0.3, 0.4) is 0 Å². The number of hydrogen-bond acceptors (Lipinski definition) is 2. The SMILES string of the molecule is COC(=O)c1cccc(-c2ccccc2)c1Br. The zero-order chi connectivity index (χ0) is 12.3. The van der Waals surface area contributed by atoms with E-state index in [9.17, 15) is 4.79 Å². The van der Waals surface area contributed by atoms with Gasteiger partial charge < -0.3 is 4.74 Å². The zero-order valence-corrected chi connectivity index (χ0v) is 10.9. The van der Waals surface area contributed by atoms with Gasteiger partial charge in [0.15, 0.2) is 0 Å². The third-order valence-electron chi connectivity index (χ3n) is 2.49. The predicted molar refractivity (Wildman–Crippen MR) is 70.9 cm³/mol. The lowest BCUT2D eigenvalue weighted by molar-refractivity contribution is 0.0600. The van der Waals surface area contributed by atoms with Gasteiger partial charge in [-0.15, -0.1) is 0 Å². The van der Waals surface area contributed by atoms with Gasteiger partial charge in [0, 0.05) is 4.47 Å². The zero-order valence-electron chi connectivity index (χ0n) is 9.31. The van der Waals surface area contributed by atoms with Gasteiger partial charge in [-0.2, -0.15) is 0 Å². The molecule has 0 spiro atoms. The molecule has 2 aromatic rings. The summed E-state index contributed by atoms with van der Waals surface area (Å²) < 4.78 is 5.50. The van der Waals surface area contributed by atoms with Crippen molar-refractivity contribution in [3.63, 3.8) is 0 Å². The molecule has 0 aliphatic rings. The second-order valence-corrected chi connectivity index (χ2v) is 4.32. The van der Waals surface area contributed by atoms with Gasteiger partial charge in [0.05, 0.1) is 12.7 Å². The van der Waals surface area contributed by atoms with Crippen LogP contribution in [0.5, 0.6) is 0 Å². The van der Waals surface area contributed by atoms with E-state index in [2.05, 4.69) is 15.9 Å². The average molecular weight is 291 g/mol. The Morgan fingerprint density at radius 2 is 1.76 bits per heavy atom. The Balaban J connectivity index is 2.54. The van der Waals surface area contributed by atoms with Crippen molar-refractivity contribution in [3.05, 3.63) is 58.6 Å². The van der Waals surface area contributed by atoms with E-state index >= 15 is 0 Å². The van der Waals surface area contributed by atoms with Crippen molar-refractivity contribution in [2.75, 3.05) is 7.11 Å². The van der Waals surface area contributed by atoms with Crippen molar-refractivity contribution >= 4 is 21.9 Å². The summed E-state index contributed by atoms with van der Waals surface area (Å²) in [5.41, 5.74) is 2.58. The molecule has 0 amide bonds. The van der Waals surface area contributed by atoms with Gasteiger partial charge in [-0.25, -0.2) is 4.79 Å². The maximum atomic E-state index is 11.6. The van der Waals surface area contributed by atoms with Crippen LogP contribution in [0.15, 0.2) is 53.0 Å². The number of carbonyl (C=O) groups excluding carboxylic acids is 1. The molecule has 86 valence electrons. The molecular formula is C14H11BrO2. The second-order valence-electron chi connectivity index (χ2n) is 3.52. The van der Waals surface area contributed by atoms with Gasteiger partial charge >= 0.3 is 5.97 Å². The molecule has 0 fully saturated rings. The van der Waals surface area contributed by atoms with Gasteiger partial charge in [-0.1, -0.05) is 42.5 Å². The summed E-state index contributed by atoms with van der Waals surface area (Å²) in [5.74, 6) is -0.338. The van der Waals surface area contributed by atoms with Crippen LogP contribution < -0.4 is 0 Å². The quantitative estimate of drug-likeness (QED) is 0.784. The summed E-state index contributed by atoms with van der Waals surface area (Å²) >= 11 is 3.46. The third-order valence-corrected chi connectivity index (χ3v) is 3.34. The molecule has 17 heavy (non-hydrogen) atoms. The highest BCUT2D eigenvalue weighted by molar-refractivity contribution is 9.10. The van der Waals surface area contributed by atoms with E-state index in [-0.39, 0.29) is 5.97 Å². The first-order valence-electron chi connectivity index (χ1n) is 5.16. The summed E-state index contributed by atoms with van der Waals surface area (Å²) in [6, 6.07) is 15.4. The summed E-state index contributed by atoms with van der Waals surface area (Å²) in [5, 5.41) is 0. The number of esters is 1. The Bertz CT molecular complexity index is 535. The van der Waals surface area contributed by atoms with Gasteiger partial charge in [0.1, 0.15) is 0 Å². The number of halogens is 1. The molecular weight excluding hydrogens is 280 g/mol. The maximum Gasteiger partial charge on any atom is 0.339 e. The van der Waals surface area contributed by atoms with Crippen LogP contribution in [0.4, 0.5) is 0 Å². The number of benzene rings is 2. The van der Waals surface area contributed by atoms with Crippen molar-refractivity contribution < 1.29 is 9.53 Å². The Labute approximate surface area is 108 Å². The van der Waals surface area contributed by atoms with Crippen molar-refractivity contribution in [1.29, 1.82) is 0 Å². The predicted octanol–water partition coefficient (Wildman–Crippen LogP) is 3.90. The fourth-order valence-corrected chi connectivity index (χ4v) is 2.30. The van der Waals surface area contributed by atoms with Crippen LogP contribution >= 0.6 is 15.9 Å². The van der Waals surface area contributed by atoms with Crippen LogP contribution in [0.25, 0.3) is 11.1 Å². The second kappa shape index (κ2) is 5.15. The van der Waals surface area contributed by atoms with E-state index in [4.69, 9.17) is 4.74 Å². The molecule has 0 aromatic heterocycles. The van der Waals surface area contributed by atoms with Crippen LogP contribution in [0, 0.1) is 0 Å². The topological polar surface area (TPSA) is 26.3 Å². The van der Waals surface area contributed by atoms with Crippen LogP contribution in [0.1, 0.15) is 10.4 Å². The molecule has 0 bridgehead atoms. The minimum atomic E-state index is -0.338. The minimum Gasteiger partial charge on any atom is -0.465 e. The molecule has 2 aromatic carbocycles. The smallest absolute Gasteiger partial charge is 0.339 e. The minimum absolute atomic E-state index is 0.338. The van der Waals surface area contributed by atoms with Crippen molar-refractivity contribution in [2.24, 2.45) is 0 Å². The largest absolute Gasteiger partial charge is 0.465 e. The number of hydrogen-bond donors (Lipinski definition) is 0. The van der Waals surface area contributed by atoms with Crippen LogP contribution in [-0.4, -0.2) is 13.1 Å². The third kappa shape index (κ3) is 2.39. The van der Waals surface area contributed by atoms with Crippen molar-refractivity contribution in [1.82, 2.24) is 0 Å². The summed E-state index contributed by atoms with van der Waals surface area (Å²) in [7, 11) is 1.38. The first-order chi connectivity index (χ1) is 8.24. The summed E-state index contributed by atoms with van der Waals surface area (Å²) in [4.78, 5) is 11.6.